The van der Waals surface area contributed by atoms with Gasteiger partial charge in [0, 0.05) is 6.08 Å². The van der Waals surface area contributed by atoms with Crippen molar-refractivity contribution in [2.24, 2.45) is 0 Å². The smallest absolute Gasteiger partial charge is 0.428 e. The lowest BCUT2D eigenvalue weighted by atomic mass is 10.3. The van der Waals surface area contributed by atoms with Gasteiger partial charge in [0.05, 0.1) is 6.26 Å². The third kappa shape index (κ3) is 0.422. The predicted octanol–water partition coefficient (Wildman–Crippen LogP) is -0.0800. The number of rotatable bonds is 0. The molecule has 10 heavy (non-hydrogen) atoms. The molecule has 1 fully saturated rings. The normalized spacial score (nSPS) is 25.2. The van der Waals surface area contributed by atoms with Crippen molar-refractivity contribution in [2.45, 2.75) is 5.79 Å². The summed E-state index contributed by atoms with van der Waals surface area (Å²) in [7, 11) is 0. The zero-order chi connectivity index (χ0) is 7.19. The molecule has 5 heteroatoms. The number of carbonyl (C=O) groups is 2. The lowest BCUT2D eigenvalue weighted by Gasteiger charge is -2.30. The van der Waals surface area contributed by atoms with Gasteiger partial charge < -0.3 is 14.2 Å². The zero-order valence-corrected chi connectivity index (χ0v) is 4.70. The van der Waals surface area contributed by atoms with E-state index in [0.29, 0.717) is 0 Å². The monoisotopic (exact) mass is 142 g/mol. The highest BCUT2D eigenvalue weighted by Gasteiger charge is 2.58. The molecular weight excluding hydrogens is 140 g/mol. The topological polar surface area (TPSA) is 61.8 Å². The minimum Gasteiger partial charge on any atom is -0.428 e. The second kappa shape index (κ2) is 1.31. The summed E-state index contributed by atoms with van der Waals surface area (Å²) >= 11 is 0. The largest absolute Gasteiger partial charge is 0.516 e. The van der Waals surface area contributed by atoms with Gasteiger partial charge in [-0.1, -0.05) is 0 Å². The van der Waals surface area contributed by atoms with E-state index >= 15 is 0 Å². The van der Waals surface area contributed by atoms with Gasteiger partial charge >= 0.3 is 17.9 Å². The van der Waals surface area contributed by atoms with E-state index in [1.807, 2.05) is 0 Å². The van der Waals surface area contributed by atoms with Crippen LogP contribution >= 0.6 is 0 Å². The zero-order valence-electron chi connectivity index (χ0n) is 4.70. The molecule has 0 saturated carbocycles. The Morgan fingerprint density at radius 3 is 2.40 bits per heavy atom. The van der Waals surface area contributed by atoms with E-state index in [2.05, 4.69) is 14.2 Å². The Labute approximate surface area is 55.2 Å². The summed E-state index contributed by atoms with van der Waals surface area (Å²) in [5.74, 6) is -2.26. The second-order valence-electron chi connectivity index (χ2n) is 1.83. The van der Waals surface area contributed by atoms with Gasteiger partial charge in [-0.2, -0.15) is 0 Å². The summed E-state index contributed by atoms with van der Waals surface area (Å²) in [5, 5.41) is 0. The van der Waals surface area contributed by atoms with Crippen molar-refractivity contribution in [1.29, 1.82) is 0 Å². The van der Waals surface area contributed by atoms with Crippen molar-refractivity contribution in [3.05, 3.63) is 12.3 Å². The maximum Gasteiger partial charge on any atom is 0.516 e. The average molecular weight is 142 g/mol. The van der Waals surface area contributed by atoms with Gasteiger partial charge in [0.25, 0.3) is 0 Å². The third-order valence-corrected chi connectivity index (χ3v) is 1.22. The van der Waals surface area contributed by atoms with E-state index in [9.17, 15) is 9.59 Å². The molecule has 2 aliphatic rings. The molecule has 0 amide bonds. The van der Waals surface area contributed by atoms with E-state index in [1.54, 1.807) is 0 Å². The van der Waals surface area contributed by atoms with E-state index < -0.39 is 17.9 Å². The fourth-order valence-electron chi connectivity index (χ4n) is 0.742. The van der Waals surface area contributed by atoms with Gasteiger partial charge in [0.2, 0.25) is 0 Å². The van der Waals surface area contributed by atoms with Crippen LogP contribution in [-0.2, 0) is 19.0 Å². The molecule has 0 aromatic rings. The molecule has 52 valence electrons. The second-order valence-corrected chi connectivity index (χ2v) is 1.83. The van der Waals surface area contributed by atoms with E-state index in [4.69, 9.17) is 0 Å². The predicted molar refractivity (Wildman–Crippen MR) is 25.5 cm³/mol. The van der Waals surface area contributed by atoms with Crippen molar-refractivity contribution in [3.8, 4) is 0 Å². The van der Waals surface area contributed by atoms with E-state index in [-0.39, 0.29) is 0 Å². The molecule has 2 heterocycles. The molecule has 1 saturated heterocycles. The summed E-state index contributed by atoms with van der Waals surface area (Å²) in [6.07, 6.45) is 1.49. The van der Waals surface area contributed by atoms with Crippen LogP contribution in [-0.4, -0.2) is 17.9 Å². The van der Waals surface area contributed by atoms with Crippen LogP contribution in [0, 0.1) is 0 Å². The summed E-state index contributed by atoms with van der Waals surface area (Å²) in [5.41, 5.74) is 0. The summed E-state index contributed by atoms with van der Waals surface area (Å²) in [6.45, 7) is 0. The van der Waals surface area contributed by atoms with Crippen LogP contribution in [0.1, 0.15) is 0 Å². The highest BCUT2D eigenvalue weighted by molar-refractivity contribution is 5.90. The Morgan fingerprint density at radius 2 is 2.00 bits per heavy atom. The van der Waals surface area contributed by atoms with Crippen LogP contribution < -0.4 is 0 Å². The SMILES string of the molecule is O=C1OC2(C=COC2=O)O1. The highest BCUT2D eigenvalue weighted by atomic mass is 16.9. The molecule has 5 nitrogen and oxygen atoms in total. The Hall–Kier alpha value is -1.52. The van der Waals surface area contributed by atoms with Crippen LogP contribution in [0.2, 0.25) is 0 Å². The van der Waals surface area contributed by atoms with Crippen molar-refractivity contribution in [1.82, 2.24) is 0 Å². The van der Waals surface area contributed by atoms with Crippen LogP contribution in [0.25, 0.3) is 0 Å². The van der Waals surface area contributed by atoms with Crippen molar-refractivity contribution >= 4 is 12.1 Å². The maximum absolute atomic E-state index is 10.6. The van der Waals surface area contributed by atoms with Crippen molar-refractivity contribution in [3.63, 3.8) is 0 Å². The number of hydrogen-bond acceptors (Lipinski definition) is 5. The van der Waals surface area contributed by atoms with Gasteiger partial charge in [-0.15, -0.1) is 0 Å². The quantitative estimate of drug-likeness (QED) is 0.442. The van der Waals surface area contributed by atoms with Crippen LogP contribution in [0.4, 0.5) is 4.79 Å². The lowest BCUT2D eigenvalue weighted by molar-refractivity contribution is -0.239. The molecule has 2 aliphatic heterocycles. The third-order valence-electron chi connectivity index (χ3n) is 1.22. The lowest BCUT2D eigenvalue weighted by Crippen LogP contribution is -2.53. The molecule has 0 aromatic heterocycles. The maximum atomic E-state index is 10.6. The first-order valence-electron chi connectivity index (χ1n) is 2.54. The van der Waals surface area contributed by atoms with Gasteiger partial charge in [-0.05, 0) is 0 Å². The molecule has 0 bridgehead atoms. The van der Waals surface area contributed by atoms with Crippen molar-refractivity contribution in [2.75, 3.05) is 0 Å². The fraction of sp³-hybridized carbons (Fsp3) is 0.200. The summed E-state index contributed by atoms with van der Waals surface area (Å²) in [6, 6.07) is 0. The van der Waals surface area contributed by atoms with Crippen LogP contribution in [0.3, 0.4) is 0 Å². The molecular formula is C5H2O5. The molecule has 0 aromatic carbocycles. The molecule has 1 spiro atoms. The highest BCUT2D eigenvalue weighted by Crippen LogP contribution is 2.31. The van der Waals surface area contributed by atoms with E-state index in [0.717, 1.165) is 6.26 Å². The Balaban J connectivity index is 2.24. The molecule has 0 atom stereocenters. The molecule has 0 unspecified atom stereocenters. The number of esters is 1. The minimum atomic E-state index is -1.54. The minimum absolute atomic E-state index is 0.716. The number of carbonyl (C=O) groups excluding carboxylic acids is 2. The molecule has 2 rings (SSSR count). The number of cyclic esters (lactones) is 1. The first-order valence-corrected chi connectivity index (χ1v) is 2.54. The van der Waals surface area contributed by atoms with E-state index in [1.165, 1.54) is 6.08 Å². The first-order chi connectivity index (χ1) is 4.73. The molecule has 0 N–H and O–H groups in total. The Bertz CT molecular complexity index is 232. The Kier molecular flexibility index (Phi) is 0.692. The first kappa shape index (κ1) is 5.28. The summed E-state index contributed by atoms with van der Waals surface area (Å²) < 4.78 is 13.1. The van der Waals surface area contributed by atoms with Gasteiger partial charge in [0.15, 0.2) is 0 Å². The molecule has 0 aliphatic carbocycles. The fourth-order valence-corrected chi connectivity index (χ4v) is 0.742. The van der Waals surface area contributed by atoms with Gasteiger partial charge in [-0.3, -0.25) is 0 Å². The van der Waals surface area contributed by atoms with Gasteiger partial charge in [-0.25, -0.2) is 9.59 Å². The van der Waals surface area contributed by atoms with Crippen LogP contribution in [0.5, 0.6) is 0 Å². The molecule has 0 radical (unpaired) electrons. The average Bonchev–Trinajstić information content (AvgIpc) is 2.12. The standard InChI is InChI=1S/C5H2O5/c6-3-5(1-2-8-3)9-4(7)10-5/h1-2H. The van der Waals surface area contributed by atoms with Crippen molar-refractivity contribution < 1.29 is 23.8 Å². The van der Waals surface area contributed by atoms with Gasteiger partial charge in [0.1, 0.15) is 0 Å². The number of hydrogen-bond donors (Lipinski definition) is 0. The number of ether oxygens (including phenoxy) is 3. The summed E-state index contributed by atoms with van der Waals surface area (Å²) in [4.78, 5) is 20.8. The Morgan fingerprint density at radius 1 is 1.30 bits per heavy atom. The van der Waals surface area contributed by atoms with Crippen LogP contribution in [0.15, 0.2) is 12.3 Å².